The average Bonchev–Trinajstić information content (AvgIpc) is 3.32. The van der Waals surface area contributed by atoms with Gasteiger partial charge in [-0.1, -0.05) is 54.6 Å². The van der Waals surface area contributed by atoms with Gasteiger partial charge >= 0.3 is 0 Å². The van der Waals surface area contributed by atoms with E-state index in [1.54, 1.807) is 49.6 Å². The minimum absolute atomic E-state index is 0.117. The van der Waals surface area contributed by atoms with Crippen LogP contribution in [0.1, 0.15) is 21.5 Å². The summed E-state index contributed by atoms with van der Waals surface area (Å²) in [6.45, 7) is 0.416. The smallest absolute Gasteiger partial charge is 0.269 e. The summed E-state index contributed by atoms with van der Waals surface area (Å²) in [5.74, 6) is 0.476. The highest BCUT2D eigenvalue weighted by molar-refractivity contribution is 5.95. The van der Waals surface area contributed by atoms with E-state index in [4.69, 9.17) is 4.74 Å². The molecule has 0 aliphatic rings. The molecule has 0 unspecified atom stereocenters. The molecule has 2 amide bonds. The Morgan fingerprint density at radius 1 is 0.909 bits per heavy atom. The lowest BCUT2D eigenvalue weighted by molar-refractivity contribution is -0.121. The molecule has 0 spiro atoms. The van der Waals surface area contributed by atoms with Crippen molar-refractivity contribution in [1.82, 2.24) is 31.1 Å². The van der Waals surface area contributed by atoms with Gasteiger partial charge in [-0.3, -0.25) is 20.4 Å². The quantitative estimate of drug-likeness (QED) is 0.425. The molecule has 4 rings (SSSR count). The number of nitrogens with one attached hydrogen (secondary N) is 2. The molecular formula is C24H22N6O3. The summed E-state index contributed by atoms with van der Waals surface area (Å²) in [5, 5.41) is 12.5. The van der Waals surface area contributed by atoms with Crippen molar-refractivity contribution in [1.29, 1.82) is 0 Å². The number of aromatic nitrogens is 4. The number of hydrazine groups is 1. The highest BCUT2D eigenvalue weighted by Crippen LogP contribution is 2.14. The van der Waals surface area contributed by atoms with Crippen LogP contribution in [0.2, 0.25) is 0 Å². The first-order valence-electron chi connectivity index (χ1n) is 10.2. The fraction of sp³-hybridized carbons (Fsp3) is 0.125. The van der Waals surface area contributed by atoms with Crippen LogP contribution in [-0.2, 0) is 17.8 Å². The van der Waals surface area contributed by atoms with E-state index in [9.17, 15) is 9.59 Å². The third-order valence-electron chi connectivity index (χ3n) is 4.84. The monoisotopic (exact) mass is 442 g/mol. The minimum Gasteiger partial charge on any atom is -0.497 e. The van der Waals surface area contributed by atoms with Crippen molar-refractivity contribution >= 4 is 11.8 Å². The first kappa shape index (κ1) is 21.7. The van der Waals surface area contributed by atoms with Gasteiger partial charge in [0.25, 0.3) is 5.91 Å². The topological polar surface area (TPSA) is 111 Å². The summed E-state index contributed by atoms with van der Waals surface area (Å²) in [7, 11) is 1.56. The van der Waals surface area contributed by atoms with E-state index in [0.717, 1.165) is 16.7 Å². The van der Waals surface area contributed by atoms with Crippen LogP contribution < -0.4 is 15.6 Å². The maximum absolute atomic E-state index is 12.3. The molecule has 1 aromatic heterocycles. The Morgan fingerprint density at radius 3 is 2.45 bits per heavy atom. The van der Waals surface area contributed by atoms with Gasteiger partial charge in [0, 0.05) is 11.1 Å². The third kappa shape index (κ3) is 5.79. The maximum Gasteiger partial charge on any atom is 0.269 e. The van der Waals surface area contributed by atoms with Crippen molar-refractivity contribution in [3.63, 3.8) is 0 Å². The van der Waals surface area contributed by atoms with E-state index in [2.05, 4.69) is 26.3 Å². The van der Waals surface area contributed by atoms with Gasteiger partial charge in [0.1, 0.15) is 5.75 Å². The standard InChI is InChI=1S/C24H22N6O3/c1-33-21-9-5-6-18(14-21)15-22(31)25-27-24(32)20-12-10-17(11-13-20)16-30-28-23(26-29-30)19-7-3-2-4-8-19/h2-14H,15-16H2,1H3,(H,25,31)(H,27,32). The van der Waals surface area contributed by atoms with Crippen molar-refractivity contribution in [2.24, 2.45) is 0 Å². The number of carbonyl (C=O) groups is 2. The van der Waals surface area contributed by atoms with Gasteiger partial charge in [-0.2, -0.15) is 4.80 Å². The molecule has 9 nitrogen and oxygen atoms in total. The van der Waals surface area contributed by atoms with E-state index < -0.39 is 5.91 Å². The maximum atomic E-state index is 12.3. The zero-order valence-electron chi connectivity index (χ0n) is 17.9. The number of amides is 2. The Bertz CT molecular complexity index is 1240. The van der Waals surface area contributed by atoms with Crippen LogP contribution in [0.3, 0.4) is 0 Å². The van der Waals surface area contributed by atoms with Crippen molar-refractivity contribution in [2.45, 2.75) is 13.0 Å². The lowest BCUT2D eigenvalue weighted by Crippen LogP contribution is -2.42. The van der Waals surface area contributed by atoms with Crippen LogP contribution in [-0.4, -0.2) is 39.1 Å². The van der Waals surface area contributed by atoms with Gasteiger partial charge in [-0.15, -0.1) is 10.2 Å². The first-order chi connectivity index (χ1) is 16.1. The molecule has 9 heteroatoms. The van der Waals surface area contributed by atoms with Crippen LogP contribution in [0.15, 0.2) is 78.9 Å². The van der Waals surface area contributed by atoms with Gasteiger partial charge in [0.2, 0.25) is 11.7 Å². The molecule has 2 N–H and O–H groups in total. The summed E-state index contributed by atoms with van der Waals surface area (Å²) in [6, 6.07) is 23.8. The molecule has 3 aromatic carbocycles. The van der Waals surface area contributed by atoms with Gasteiger partial charge in [-0.05, 0) is 40.6 Å². The minimum atomic E-state index is -0.411. The predicted molar refractivity (Wildman–Crippen MR) is 121 cm³/mol. The second kappa shape index (κ2) is 10.2. The van der Waals surface area contributed by atoms with E-state index in [-0.39, 0.29) is 12.3 Å². The second-order valence-corrected chi connectivity index (χ2v) is 7.24. The van der Waals surface area contributed by atoms with Gasteiger partial charge < -0.3 is 4.74 Å². The van der Waals surface area contributed by atoms with E-state index in [1.165, 1.54) is 4.80 Å². The molecular weight excluding hydrogens is 420 g/mol. The molecule has 0 radical (unpaired) electrons. The Labute approximate surface area is 190 Å². The summed E-state index contributed by atoms with van der Waals surface area (Å²) < 4.78 is 5.15. The van der Waals surface area contributed by atoms with Gasteiger partial charge in [0.05, 0.1) is 20.1 Å². The Hall–Kier alpha value is -4.53. The van der Waals surface area contributed by atoms with E-state index in [0.29, 0.717) is 23.7 Å². The summed E-state index contributed by atoms with van der Waals surface area (Å²) in [6.07, 6.45) is 0.117. The lowest BCUT2D eigenvalue weighted by Gasteiger charge is -2.09. The van der Waals surface area contributed by atoms with Crippen LogP contribution in [0.25, 0.3) is 11.4 Å². The van der Waals surface area contributed by atoms with E-state index >= 15 is 0 Å². The molecule has 0 atom stereocenters. The molecule has 0 aliphatic carbocycles. The third-order valence-corrected chi connectivity index (χ3v) is 4.84. The van der Waals surface area contributed by atoms with Crippen molar-refractivity contribution in [2.75, 3.05) is 7.11 Å². The van der Waals surface area contributed by atoms with Crippen molar-refractivity contribution in [3.8, 4) is 17.1 Å². The van der Waals surface area contributed by atoms with Crippen LogP contribution >= 0.6 is 0 Å². The Balaban J connectivity index is 1.29. The largest absolute Gasteiger partial charge is 0.497 e. The number of rotatable bonds is 7. The first-order valence-corrected chi connectivity index (χ1v) is 10.2. The number of hydrogen-bond acceptors (Lipinski definition) is 6. The number of nitrogens with zero attached hydrogens (tertiary/aromatic N) is 4. The number of carbonyl (C=O) groups excluding carboxylic acids is 2. The van der Waals surface area contributed by atoms with Crippen LogP contribution in [0.5, 0.6) is 5.75 Å². The van der Waals surface area contributed by atoms with E-state index in [1.807, 2.05) is 36.4 Å². The number of methoxy groups -OCH3 is 1. The lowest BCUT2D eigenvalue weighted by atomic mass is 10.1. The molecule has 33 heavy (non-hydrogen) atoms. The molecule has 0 fully saturated rings. The fourth-order valence-corrected chi connectivity index (χ4v) is 3.15. The number of ether oxygens (including phenoxy) is 1. The summed E-state index contributed by atoms with van der Waals surface area (Å²) >= 11 is 0. The number of benzene rings is 3. The molecule has 0 aliphatic heterocycles. The predicted octanol–water partition coefficient (Wildman–Crippen LogP) is 2.40. The number of hydrogen-bond donors (Lipinski definition) is 2. The molecule has 0 bridgehead atoms. The SMILES string of the molecule is COc1cccc(CC(=O)NNC(=O)c2ccc(Cn3nnc(-c4ccccc4)n3)cc2)c1. The number of tetrazole rings is 1. The zero-order valence-corrected chi connectivity index (χ0v) is 17.9. The van der Waals surface area contributed by atoms with Gasteiger partial charge in [0.15, 0.2) is 0 Å². The molecule has 1 heterocycles. The average molecular weight is 442 g/mol. The van der Waals surface area contributed by atoms with Gasteiger partial charge in [-0.25, -0.2) is 0 Å². The molecule has 4 aromatic rings. The summed E-state index contributed by atoms with van der Waals surface area (Å²) in [4.78, 5) is 26.0. The summed E-state index contributed by atoms with van der Waals surface area (Å²) in [5.41, 5.74) is 7.85. The van der Waals surface area contributed by atoms with Crippen molar-refractivity contribution < 1.29 is 14.3 Å². The zero-order chi connectivity index (χ0) is 23.0. The Kier molecular flexibility index (Phi) is 6.70. The Morgan fingerprint density at radius 2 is 1.70 bits per heavy atom. The van der Waals surface area contributed by atoms with Crippen LogP contribution in [0, 0.1) is 0 Å². The molecule has 0 saturated heterocycles. The molecule has 166 valence electrons. The molecule has 0 saturated carbocycles. The highest BCUT2D eigenvalue weighted by Gasteiger charge is 2.10. The van der Waals surface area contributed by atoms with Crippen LogP contribution in [0.4, 0.5) is 0 Å². The normalized spacial score (nSPS) is 10.5. The second-order valence-electron chi connectivity index (χ2n) is 7.24. The van der Waals surface area contributed by atoms with Crippen molar-refractivity contribution in [3.05, 3.63) is 95.6 Å². The highest BCUT2D eigenvalue weighted by atomic mass is 16.5. The fourth-order valence-electron chi connectivity index (χ4n) is 3.15.